The van der Waals surface area contributed by atoms with Crippen LogP contribution in [0.5, 0.6) is 0 Å². The number of ether oxygens (including phenoxy) is 2. The van der Waals surface area contributed by atoms with Gasteiger partial charge < -0.3 is 14.4 Å². The normalized spacial score (nSPS) is 22.1. The first-order valence-electron chi connectivity index (χ1n) is 9.94. The number of hydrogen-bond acceptors (Lipinski definition) is 6. The number of carbonyl (C=O) groups excluding carboxylic acids is 1. The summed E-state index contributed by atoms with van der Waals surface area (Å²) in [6, 6.07) is 7.83. The van der Waals surface area contributed by atoms with E-state index in [4.69, 9.17) is 14.7 Å². The molecular weight excluding hydrogens is 394 g/mol. The Bertz CT molecular complexity index is 836. The Hall–Kier alpha value is -1.99. The number of sulfonamides is 1. The number of amides is 1. The van der Waals surface area contributed by atoms with Crippen molar-refractivity contribution < 1.29 is 22.7 Å². The summed E-state index contributed by atoms with van der Waals surface area (Å²) in [5.41, 5.74) is 0.409. The zero-order valence-corrected chi connectivity index (χ0v) is 17.4. The van der Waals surface area contributed by atoms with Crippen molar-refractivity contribution in [1.29, 1.82) is 5.26 Å². The van der Waals surface area contributed by atoms with Gasteiger partial charge in [0.1, 0.15) is 6.10 Å². The van der Waals surface area contributed by atoms with Crippen LogP contribution in [0.4, 0.5) is 0 Å². The lowest BCUT2D eigenvalue weighted by atomic mass is 10.1. The molecule has 0 spiro atoms. The summed E-state index contributed by atoms with van der Waals surface area (Å²) in [5, 5.41) is 8.85. The molecule has 2 unspecified atom stereocenters. The van der Waals surface area contributed by atoms with Crippen LogP contribution in [-0.4, -0.2) is 75.1 Å². The summed E-state index contributed by atoms with van der Waals surface area (Å²) in [5.74, 6) is -0.128. The second-order valence-electron chi connectivity index (χ2n) is 7.33. The van der Waals surface area contributed by atoms with E-state index in [1.807, 2.05) is 6.07 Å². The predicted molar refractivity (Wildman–Crippen MR) is 106 cm³/mol. The Labute approximate surface area is 172 Å². The fraction of sp³-hybridized carbons (Fsp3) is 0.600. The zero-order chi connectivity index (χ0) is 20.9. The van der Waals surface area contributed by atoms with Crippen molar-refractivity contribution in [3.8, 4) is 6.07 Å². The van der Waals surface area contributed by atoms with Crippen molar-refractivity contribution in [2.45, 2.75) is 43.3 Å². The van der Waals surface area contributed by atoms with Crippen LogP contribution < -0.4 is 0 Å². The fourth-order valence-electron chi connectivity index (χ4n) is 3.52. The van der Waals surface area contributed by atoms with Gasteiger partial charge in [-0.05, 0) is 50.5 Å². The molecule has 2 saturated heterocycles. The topological polar surface area (TPSA) is 99.9 Å². The second-order valence-corrected chi connectivity index (χ2v) is 9.27. The largest absolute Gasteiger partial charge is 0.376 e. The molecule has 0 bridgehead atoms. The number of hydrogen-bond donors (Lipinski definition) is 0. The SMILES string of the molecule is CC(OCC1CCCCO1)C(=O)N1CCN(S(=O)(=O)c2ccc(C#N)cc2)CC1. The molecule has 1 amide bonds. The number of nitriles is 1. The fourth-order valence-corrected chi connectivity index (χ4v) is 4.94. The van der Waals surface area contributed by atoms with Crippen LogP contribution >= 0.6 is 0 Å². The minimum atomic E-state index is -3.64. The Balaban J connectivity index is 1.50. The Morgan fingerprint density at radius 1 is 1.24 bits per heavy atom. The molecular formula is C20H27N3O5S. The maximum atomic E-state index is 12.8. The molecule has 0 aromatic heterocycles. The van der Waals surface area contributed by atoms with Crippen molar-refractivity contribution >= 4 is 15.9 Å². The first-order chi connectivity index (χ1) is 13.9. The Kier molecular flexibility index (Phi) is 7.24. The molecule has 3 rings (SSSR count). The van der Waals surface area contributed by atoms with Gasteiger partial charge in [-0.3, -0.25) is 4.79 Å². The van der Waals surface area contributed by atoms with E-state index in [-0.39, 0.29) is 30.0 Å². The van der Waals surface area contributed by atoms with Gasteiger partial charge in [-0.15, -0.1) is 0 Å². The highest BCUT2D eigenvalue weighted by molar-refractivity contribution is 7.89. The third kappa shape index (κ3) is 5.34. The molecule has 0 N–H and O–H groups in total. The first-order valence-corrected chi connectivity index (χ1v) is 11.4. The van der Waals surface area contributed by atoms with Gasteiger partial charge in [-0.1, -0.05) is 0 Å². The summed E-state index contributed by atoms with van der Waals surface area (Å²) in [4.78, 5) is 14.4. The monoisotopic (exact) mass is 421 g/mol. The highest BCUT2D eigenvalue weighted by Crippen LogP contribution is 2.19. The molecule has 2 aliphatic rings. The molecule has 0 aliphatic carbocycles. The average molecular weight is 422 g/mol. The highest BCUT2D eigenvalue weighted by atomic mass is 32.2. The number of nitrogens with zero attached hydrogens (tertiary/aromatic N) is 3. The standard InChI is InChI=1S/C20H27N3O5S/c1-16(28-15-18-4-2-3-13-27-18)20(24)22-9-11-23(12-10-22)29(25,26)19-7-5-17(14-21)6-8-19/h5-8,16,18H,2-4,9-13,15H2,1H3. The summed E-state index contributed by atoms with van der Waals surface area (Å²) in [7, 11) is -3.64. The maximum Gasteiger partial charge on any atom is 0.251 e. The molecule has 9 heteroatoms. The van der Waals surface area contributed by atoms with Gasteiger partial charge in [0.15, 0.2) is 0 Å². The molecule has 2 heterocycles. The van der Waals surface area contributed by atoms with Gasteiger partial charge in [-0.2, -0.15) is 9.57 Å². The Morgan fingerprint density at radius 3 is 2.52 bits per heavy atom. The van der Waals surface area contributed by atoms with Crippen LogP contribution in [-0.2, 0) is 24.3 Å². The van der Waals surface area contributed by atoms with Gasteiger partial charge in [-0.25, -0.2) is 8.42 Å². The van der Waals surface area contributed by atoms with Crippen LogP contribution in [0.2, 0.25) is 0 Å². The quantitative estimate of drug-likeness (QED) is 0.688. The molecule has 2 atom stereocenters. The van der Waals surface area contributed by atoms with Crippen molar-refractivity contribution in [3.63, 3.8) is 0 Å². The van der Waals surface area contributed by atoms with Crippen LogP contribution in [0.3, 0.4) is 0 Å². The molecule has 1 aromatic rings. The van der Waals surface area contributed by atoms with E-state index in [0.29, 0.717) is 25.3 Å². The van der Waals surface area contributed by atoms with Gasteiger partial charge >= 0.3 is 0 Å². The van der Waals surface area contributed by atoms with Crippen LogP contribution in [0.15, 0.2) is 29.2 Å². The van der Waals surface area contributed by atoms with E-state index in [2.05, 4.69) is 0 Å². The van der Waals surface area contributed by atoms with Crippen LogP contribution in [0.1, 0.15) is 31.7 Å². The van der Waals surface area contributed by atoms with E-state index in [0.717, 1.165) is 25.9 Å². The molecule has 8 nitrogen and oxygen atoms in total. The molecule has 29 heavy (non-hydrogen) atoms. The summed E-state index contributed by atoms with van der Waals surface area (Å²) in [6.07, 6.45) is 2.61. The van der Waals surface area contributed by atoms with E-state index in [9.17, 15) is 13.2 Å². The van der Waals surface area contributed by atoms with E-state index >= 15 is 0 Å². The number of carbonyl (C=O) groups is 1. The van der Waals surface area contributed by atoms with Gasteiger partial charge in [0.2, 0.25) is 10.0 Å². The van der Waals surface area contributed by atoms with E-state index in [1.54, 1.807) is 11.8 Å². The smallest absolute Gasteiger partial charge is 0.251 e. The highest BCUT2D eigenvalue weighted by Gasteiger charge is 2.32. The van der Waals surface area contributed by atoms with E-state index < -0.39 is 16.1 Å². The predicted octanol–water partition coefficient (Wildman–Crippen LogP) is 1.37. The molecule has 1 aromatic carbocycles. The molecule has 2 fully saturated rings. The minimum Gasteiger partial charge on any atom is -0.376 e. The third-order valence-electron chi connectivity index (χ3n) is 5.33. The molecule has 158 valence electrons. The average Bonchev–Trinajstić information content (AvgIpc) is 2.77. The lowest BCUT2D eigenvalue weighted by molar-refractivity contribution is -0.147. The molecule has 0 saturated carbocycles. The Morgan fingerprint density at radius 2 is 1.93 bits per heavy atom. The van der Waals surface area contributed by atoms with Crippen LogP contribution in [0, 0.1) is 11.3 Å². The van der Waals surface area contributed by atoms with E-state index in [1.165, 1.54) is 28.6 Å². The number of benzene rings is 1. The lowest BCUT2D eigenvalue weighted by Gasteiger charge is -2.35. The molecule has 2 aliphatic heterocycles. The summed E-state index contributed by atoms with van der Waals surface area (Å²) in [6.45, 7) is 3.97. The van der Waals surface area contributed by atoms with Crippen LogP contribution in [0.25, 0.3) is 0 Å². The molecule has 0 radical (unpaired) electrons. The van der Waals surface area contributed by atoms with Crippen molar-refractivity contribution in [3.05, 3.63) is 29.8 Å². The van der Waals surface area contributed by atoms with Gasteiger partial charge in [0.25, 0.3) is 5.91 Å². The summed E-state index contributed by atoms with van der Waals surface area (Å²) >= 11 is 0. The lowest BCUT2D eigenvalue weighted by Crippen LogP contribution is -2.52. The van der Waals surface area contributed by atoms with Crippen molar-refractivity contribution in [1.82, 2.24) is 9.21 Å². The van der Waals surface area contributed by atoms with Crippen molar-refractivity contribution in [2.75, 3.05) is 39.4 Å². The zero-order valence-electron chi connectivity index (χ0n) is 16.6. The summed E-state index contributed by atoms with van der Waals surface area (Å²) < 4.78 is 38.3. The minimum absolute atomic E-state index is 0.0495. The number of rotatable bonds is 6. The second kappa shape index (κ2) is 9.67. The maximum absolute atomic E-state index is 12.8. The third-order valence-corrected chi connectivity index (χ3v) is 7.24. The number of piperazine rings is 1. The first kappa shape index (κ1) is 21.7. The van der Waals surface area contributed by atoms with Gasteiger partial charge in [0, 0.05) is 32.8 Å². The van der Waals surface area contributed by atoms with Gasteiger partial charge in [0.05, 0.1) is 29.2 Å². The van der Waals surface area contributed by atoms with Crippen molar-refractivity contribution in [2.24, 2.45) is 0 Å².